The molecule has 3 rings (SSSR count). The number of carbonyl (C=O) groups is 1. The molecule has 0 bridgehead atoms. The van der Waals surface area contributed by atoms with Crippen molar-refractivity contribution in [3.8, 4) is 0 Å². The molecule has 1 aliphatic heterocycles. The highest BCUT2D eigenvalue weighted by Crippen LogP contribution is 2.26. The lowest BCUT2D eigenvalue weighted by atomic mass is 9.90. The van der Waals surface area contributed by atoms with Gasteiger partial charge in [-0.15, -0.1) is 0 Å². The van der Waals surface area contributed by atoms with Gasteiger partial charge in [0.15, 0.2) is 0 Å². The normalized spacial score (nSPS) is 16.4. The summed E-state index contributed by atoms with van der Waals surface area (Å²) in [4.78, 5) is 14.9. The summed E-state index contributed by atoms with van der Waals surface area (Å²) in [5, 5.41) is 0. The summed E-state index contributed by atoms with van der Waals surface area (Å²) in [6.07, 6.45) is 4.07. The predicted octanol–water partition coefficient (Wildman–Crippen LogP) is 3.63. The SMILES string of the molecule is Cc1cccc(N(C(C)C(=O)N2CCC(Cc3ccccc3)CC2)S(C)(=O)=O)c1. The molecule has 1 atom stereocenters. The molecule has 0 radical (unpaired) electrons. The Hall–Kier alpha value is -2.34. The Morgan fingerprint density at radius 2 is 1.76 bits per heavy atom. The third-order valence-corrected chi connectivity index (χ3v) is 6.86. The molecule has 0 N–H and O–H groups in total. The molecule has 156 valence electrons. The van der Waals surface area contributed by atoms with Crippen molar-refractivity contribution in [1.82, 2.24) is 4.90 Å². The first-order chi connectivity index (χ1) is 13.8. The number of anilines is 1. The summed E-state index contributed by atoms with van der Waals surface area (Å²) in [7, 11) is -3.58. The van der Waals surface area contributed by atoms with Crippen molar-refractivity contribution in [2.45, 2.75) is 39.2 Å². The average molecular weight is 415 g/mol. The Kier molecular flexibility index (Phi) is 6.63. The number of hydrogen-bond acceptors (Lipinski definition) is 3. The summed E-state index contributed by atoms with van der Waals surface area (Å²) in [6, 6.07) is 16.9. The molecule has 1 fully saturated rings. The van der Waals surface area contributed by atoms with Crippen molar-refractivity contribution < 1.29 is 13.2 Å². The van der Waals surface area contributed by atoms with Crippen molar-refractivity contribution in [2.24, 2.45) is 5.92 Å². The van der Waals surface area contributed by atoms with Crippen molar-refractivity contribution in [3.63, 3.8) is 0 Å². The van der Waals surface area contributed by atoms with Crippen LogP contribution in [-0.4, -0.2) is 44.6 Å². The van der Waals surface area contributed by atoms with Crippen LogP contribution < -0.4 is 4.31 Å². The summed E-state index contributed by atoms with van der Waals surface area (Å²) < 4.78 is 26.2. The number of carbonyl (C=O) groups excluding carboxylic acids is 1. The molecule has 2 aromatic rings. The van der Waals surface area contributed by atoms with E-state index in [1.165, 1.54) is 9.87 Å². The number of amides is 1. The molecule has 2 aromatic carbocycles. The van der Waals surface area contributed by atoms with Crippen LogP contribution in [0.3, 0.4) is 0 Å². The van der Waals surface area contributed by atoms with E-state index in [2.05, 4.69) is 24.3 Å². The van der Waals surface area contributed by atoms with Gasteiger partial charge < -0.3 is 4.90 Å². The third-order valence-electron chi connectivity index (χ3n) is 5.62. The van der Waals surface area contributed by atoms with Crippen LogP contribution in [0.5, 0.6) is 0 Å². The van der Waals surface area contributed by atoms with E-state index < -0.39 is 16.1 Å². The topological polar surface area (TPSA) is 57.7 Å². The zero-order valence-electron chi connectivity index (χ0n) is 17.4. The zero-order chi connectivity index (χ0) is 21.0. The molecule has 0 aromatic heterocycles. The van der Waals surface area contributed by atoms with Gasteiger partial charge in [-0.3, -0.25) is 9.10 Å². The number of rotatable bonds is 6. The maximum Gasteiger partial charge on any atom is 0.246 e. The molecule has 5 nitrogen and oxygen atoms in total. The maximum atomic E-state index is 13.1. The van der Waals surface area contributed by atoms with Crippen LogP contribution in [0.15, 0.2) is 54.6 Å². The Morgan fingerprint density at radius 1 is 1.10 bits per heavy atom. The van der Waals surface area contributed by atoms with Crippen molar-refractivity contribution >= 4 is 21.6 Å². The van der Waals surface area contributed by atoms with E-state index in [0.29, 0.717) is 24.7 Å². The summed E-state index contributed by atoms with van der Waals surface area (Å²) >= 11 is 0. The van der Waals surface area contributed by atoms with Gasteiger partial charge in [0.25, 0.3) is 0 Å². The van der Waals surface area contributed by atoms with Gasteiger partial charge in [0.2, 0.25) is 15.9 Å². The predicted molar refractivity (Wildman–Crippen MR) is 117 cm³/mol. The summed E-state index contributed by atoms with van der Waals surface area (Å²) in [5.74, 6) is 0.426. The van der Waals surface area contributed by atoms with Gasteiger partial charge in [0.05, 0.1) is 11.9 Å². The van der Waals surface area contributed by atoms with Crippen molar-refractivity contribution in [3.05, 3.63) is 65.7 Å². The highest BCUT2D eigenvalue weighted by atomic mass is 32.2. The molecule has 1 aliphatic rings. The number of sulfonamides is 1. The lowest BCUT2D eigenvalue weighted by Crippen LogP contribution is -2.51. The summed E-state index contributed by atoms with van der Waals surface area (Å²) in [6.45, 7) is 4.94. The second kappa shape index (κ2) is 8.99. The number of likely N-dealkylation sites (tertiary alicyclic amines) is 1. The Morgan fingerprint density at radius 3 is 2.34 bits per heavy atom. The number of aryl methyl sites for hydroxylation is 1. The molecule has 1 saturated heterocycles. The van der Waals surface area contributed by atoms with E-state index >= 15 is 0 Å². The first-order valence-electron chi connectivity index (χ1n) is 10.1. The Bertz CT molecular complexity index is 936. The molecule has 1 unspecified atom stereocenters. The Balaban J connectivity index is 1.67. The average Bonchev–Trinajstić information content (AvgIpc) is 2.68. The fourth-order valence-corrected chi connectivity index (χ4v) is 5.30. The van der Waals surface area contributed by atoms with E-state index in [0.717, 1.165) is 31.1 Å². The lowest BCUT2D eigenvalue weighted by Gasteiger charge is -2.36. The molecule has 0 spiro atoms. The van der Waals surface area contributed by atoms with E-state index in [4.69, 9.17) is 0 Å². The van der Waals surface area contributed by atoms with Crippen molar-refractivity contribution in [2.75, 3.05) is 23.7 Å². The fraction of sp³-hybridized carbons (Fsp3) is 0.435. The molecular formula is C23H30N2O3S. The molecule has 0 saturated carbocycles. The molecule has 6 heteroatoms. The van der Waals surface area contributed by atoms with E-state index in [-0.39, 0.29) is 5.91 Å². The van der Waals surface area contributed by atoms with Crippen LogP contribution in [0.2, 0.25) is 0 Å². The van der Waals surface area contributed by atoms with Gasteiger partial charge in [-0.2, -0.15) is 0 Å². The summed E-state index contributed by atoms with van der Waals surface area (Å²) in [5.41, 5.74) is 2.82. The number of benzene rings is 2. The highest BCUT2D eigenvalue weighted by Gasteiger charge is 2.33. The largest absolute Gasteiger partial charge is 0.341 e. The molecule has 1 heterocycles. The van der Waals surface area contributed by atoms with E-state index in [1.54, 1.807) is 19.1 Å². The minimum Gasteiger partial charge on any atom is -0.341 e. The lowest BCUT2D eigenvalue weighted by molar-refractivity contribution is -0.133. The maximum absolute atomic E-state index is 13.1. The number of nitrogens with zero attached hydrogens (tertiary/aromatic N) is 2. The number of hydrogen-bond donors (Lipinski definition) is 0. The first kappa shape index (κ1) is 21.4. The van der Waals surface area contributed by atoms with Crippen molar-refractivity contribution in [1.29, 1.82) is 0 Å². The van der Waals surface area contributed by atoms with Gasteiger partial charge in [0.1, 0.15) is 6.04 Å². The monoisotopic (exact) mass is 414 g/mol. The van der Waals surface area contributed by atoms with Gasteiger partial charge in [0, 0.05) is 13.1 Å². The van der Waals surface area contributed by atoms with E-state index in [1.807, 2.05) is 30.0 Å². The zero-order valence-corrected chi connectivity index (χ0v) is 18.2. The highest BCUT2D eigenvalue weighted by molar-refractivity contribution is 7.92. The van der Waals surface area contributed by atoms with Crippen LogP contribution >= 0.6 is 0 Å². The van der Waals surface area contributed by atoms with Gasteiger partial charge in [-0.1, -0.05) is 42.5 Å². The third kappa shape index (κ3) is 5.38. The number of piperidine rings is 1. The Labute approximate surface area is 174 Å². The van der Waals surface area contributed by atoms with Gasteiger partial charge >= 0.3 is 0 Å². The standard InChI is InChI=1S/C23H30N2O3S/c1-18-8-7-11-22(16-18)25(29(3,27)28)19(2)23(26)24-14-12-21(13-15-24)17-20-9-5-4-6-10-20/h4-11,16,19,21H,12-15,17H2,1-3H3. The minimum atomic E-state index is -3.58. The second-order valence-electron chi connectivity index (χ2n) is 8.03. The van der Waals surface area contributed by atoms with Crippen LogP contribution in [-0.2, 0) is 21.2 Å². The minimum absolute atomic E-state index is 0.130. The van der Waals surface area contributed by atoms with Crippen LogP contribution in [0.4, 0.5) is 5.69 Å². The first-order valence-corrected chi connectivity index (χ1v) is 12.0. The molecule has 1 amide bonds. The van der Waals surface area contributed by atoms with Gasteiger partial charge in [-0.25, -0.2) is 8.42 Å². The molecular weight excluding hydrogens is 384 g/mol. The molecule has 29 heavy (non-hydrogen) atoms. The smallest absolute Gasteiger partial charge is 0.246 e. The van der Waals surface area contributed by atoms with Crippen LogP contribution in [0.25, 0.3) is 0 Å². The van der Waals surface area contributed by atoms with E-state index in [9.17, 15) is 13.2 Å². The van der Waals surface area contributed by atoms with Crippen LogP contribution in [0, 0.1) is 12.8 Å². The fourth-order valence-electron chi connectivity index (χ4n) is 4.14. The second-order valence-corrected chi connectivity index (χ2v) is 9.89. The van der Waals surface area contributed by atoms with Crippen LogP contribution in [0.1, 0.15) is 30.9 Å². The quantitative estimate of drug-likeness (QED) is 0.725. The molecule has 0 aliphatic carbocycles. The van der Waals surface area contributed by atoms with Gasteiger partial charge in [-0.05, 0) is 62.3 Å².